The SMILES string of the molecule is C.C.CC.CCBr.CCn1ccnc1.CCn1ccnc1.CCn1ccnc1.COc1ccc(NC(=S)CCc2ccccc2)cc1OC.N#Cc1ccccc1.N#Cc1ccccc1.NCc1ccccc1.[C+]1=CNC=N1. The average molecular weight is 1140 g/mol. The molecule has 1 aliphatic heterocycles. The van der Waals surface area contributed by atoms with Crippen LogP contribution in [0.3, 0.4) is 0 Å². The van der Waals surface area contributed by atoms with Gasteiger partial charge in [0.25, 0.3) is 0 Å². The number of imidazole rings is 3. The lowest BCUT2D eigenvalue weighted by Gasteiger charge is -2.12. The van der Waals surface area contributed by atoms with Crippen LogP contribution >= 0.6 is 28.1 Å². The molecule has 8 aromatic rings. The van der Waals surface area contributed by atoms with E-state index in [0.29, 0.717) is 29.2 Å². The third kappa shape index (κ3) is 39.2. The Morgan fingerprint density at radius 3 is 1.29 bits per heavy atom. The summed E-state index contributed by atoms with van der Waals surface area (Å²) in [6.07, 6.45) is 24.1. The first kappa shape index (κ1) is 74.0. The third-order valence-corrected chi connectivity index (χ3v) is 9.48. The molecule has 14 nitrogen and oxygen atoms in total. The van der Waals surface area contributed by atoms with E-state index < -0.39 is 0 Å². The van der Waals surface area contributed by atoms with Crippen molar-refractivity contribution < 1.29 is 9.47 Å². The fraction of sp³-hybridized carbons (Fsp3) is 0.274. The molecule has 0 spiro atoms. The summed E-state index contributed by atoms with van der Waals surface area (Å²) in [5, 5.41) is 23.6. The van der Waals surface area contributed by atoms with Crippen LogP contribution in [0, 0.1) is 28.9 Å². The van der Waals surface area contributed by atoms with E-state index >= 15 is 0 Å². The number of halogens is 1. The molecule has 0 atom stereocenters. The molecule has 4 heterocycles. The van der Waals surface area contributed by atoms with Gasteiger partial charge in [0.1, 0.15) is 0 Å². The molecule has 1 aliphatic rings. The number of nitrogens with one attached hydrogen (secondary N) is 2. The Kier molecular flexibility index (Phi) is 50.8. The van der Waals surface area contributed by atoms with Crippen LogP contribution in [0.5, 0.6) is 11.5 Å². The number of ether oxygens (including phenoxy) is 2. The minimum absolute atomic E-state index is 0. The highest BCUT2D eigenvalue weighted by Gasteiger charge is 2.06. The second kappa shape index (κ2) is 53.6. The van der Waals surface area contributed by atoms with Gasteiger partial charge in [-0.05, 0) is 74.7 Å². The van der Waals surface area contributed by atoms with E-state index in [2.05, 4.69) is 85.6 Å². The van der Waals surface area contributed by atoms with Gasteiger partial charge in [0.2, 0.25) is 12.5 Å². The van der Waals surface area contributed by atoms with E-state index in [0.717, 1.165) is 48.5 Å². The fourth-order valence-corrected chi connectivity index (χ4v) is 5.51. The summed E-state index contributed by atoms with van der Waals surface area (Å²) in [7, 11) is 3.24. The molecule has 5 aromatic carbocycles. The van der Waals surface area contributed by atoms with Gasteiger partial charge in [0, 0.05) is 91.9 Å². The number of thiocarbonyl (C=S) groups is 1. The van der Waals surface area contributed by atoms with Gasteiger partial charge in [0.05, 0.1) is 61.5 Å². The first-order valence-electron chi connectivity index (χ1n) is 24.7. The Balaban J connectivity index is -0.000000850. The largest absolute Gasteiger partial charge is 0.493 e. The van der Waals surface area contributed by atoms with E-state index in [9.17, 15) is 0 Å². The number of rotatable bonds is 10. The number of nitrogens with zero attached hydrogens (tertiary/aromatic N) is 9. The number of alkyl halides is 1. The van der Waals surface area contributed by atoms with Crippen molar-refractivity contribution >= 4 is 45.2 Å². The number of methoxy groups -OCH3 is 2. The van der Waals surface area contributed by atoms with Gasteiger partial charge >= 0.3 is 0 Å². The number of aryl methyl sites for hydroxylation is 4. The number of hydrogen-bond donors (Lipinski definition) is 3. The Morgan fingerprint density at radius 1 is 0.641 bits per heavy atom. The highest BCUT2D eigenvalue weighted by atomic mass is 79.9. The number of nitriles is 2. The van der Waals surface area contributed by atoms with E-state index in [1.54, 1.807) is 88.6 Å². The maximum atomic E-state index is 8.29. The van der Waals surface area contributed by atoms with Crippen molar-refractivity contribution in [1.29, 1.82) is 10.5 Å². The quantitative estimate of drug-likeness (QED) is 0.0673. The highest BCUT2D eigenvalue weighted by Crippen LogP contribution is 2.29. The van der Waals surface area contributed by atoms with Gasteiger partial charge in [-0.1, -0.05) is 161 Å². The second-order valence-electron chi connectivity index (χ2n) is 14.4. The van der Waals surface area contributed by atoms with Crippen molar-refractivity contribution in [2.24, 2.45) is 10.7 Å². The fourth-order valence-electron chi connectivity index (χ4n) is 5.29. The van der Waals surface area contributed by atoms with Crippen LogP contribution in [0.15, 0.2) is 207 Å². The molecule has 0 unspecified atom stereocenters. The first-order chi connectivity index (χ1) is 37.2. The van der Waals surface area contributed by atoms with Crippen LogP contribution in [0.2, 0.25) is 0 Å². The number of anilines is 1. The van der Waals surface area contributed by atoms with Crippen molar-refractivity contribution in [3.05, 3.63) is 230 Å². The lowest BCUT2D eigenvalue weighted by atomic mass is 10.1. The van der Waals surface area contributed by atoms with Crippen molar-refractivity contribution in [2.75, 3.05) is 24.9 Å². The van der Waals surface area contributed by atoms with Gasteiger partial charge in [-0.2, -0.15) is 10.5 Å². The molecule has 0 saturated carbocycles. The molecule has 16 heteroatoms. The highest BCUT2D eigenvalue weighted by molar-refractivity contribution is 9.09. The van der Waals surface area contributed by atoms with Crippen molar-refractivity contribution in [1.82, 2.24) is 34.0 Å². The zero-order valence-electron chi connectivity index (χ0n) is 45.3. The maximum Gasteiger partial charge on any atom is 0.243 e. The van der Waals surface area contributed by atoms with Gasteiger partial charge in [0.15, 0.2) is 17.7 Å². The zero-order valence-corrected chi connectivity index (χ0v) is 47.7. The molecule has 0 aliphatic carbocycles. The molecule has 0 bridgehead atoms. The number of aromatic nitrogens is 6. The maximum absolute atomic E-state index is 8.29. The third-order valence-electron chi connectivity index (χ3n) is 9.17. The number of benzene rings is 5. The van der Waals surface area contributed by atoms with Crippen LogP contribution in [0.1, 0.15) is 85.1 Å². The molecule has 0 fully saturated rings. The summed E-state index contributed by atoms with van der Waals surface area (Å²) in [4.78, 5) is 15.9. The summed E-state index contributed by atoms with van der Waals surface area (Å²) in [5.41, 5.74) is 10.2. The molecule has 3 aromatic heterocycles. The molecule has 0 radical (unpaired) electrons. The van der Waals surface area contributed by atoms with Crippen molar-refractivity contribution in [2.45, 2.75) is 95.4 Å². The summed E-state index contributed by atoms with van der Waals surface area (Å²) >= 11 is 8.54. The van der Waals surface area contributed by atoms with Gasteiger partial charge in [-0.15, -0.1) is 0 Å². The Labute approximate surface area is 481 Å². The van der Waals surface area contributed by atoms with Crippen molar-refractivity contribution in [3.8, 4) is 23.6 Å². The second-order valence-corrected chi connectivity index (χ2v) is 16.0. The standard InChI is InChI=1S/C17H19NO2S.C7H9N.2C7H5N.3C5H8N2.C3H3N2.C2H5Br.C2H6.2CH4/c1-19-15-10-9-14(12-16(15)20-2)18-17(21)11-8-13-6-4-3-5-7-13;3*8-6-7-4-2-1-3-5-7;3*1-2-7-4-3-6-5-7;1-2-5-3-4-1;1-2-3;1-2;;/h3-7,9-10,12H,8,11H2,1-2H3,(H,18,21);1-5H,6,8H2;2*1-5H;3*3-5H,2H2,1H3;1,3H,(H,4,5);2H2,1H3;1-2H3;2*1H4/q;;;;;;;+1;;;;. The van der Waals surface area contributed by atoms with Crippen LogP contribution in [0.25, 0.3) is 0 Å². The molecule has 0 saturated heterocycles. The molecule has 78 heavy (non-hydrogen) atoms. The van der Waals surface area contributed by atoms with Crippen LogP contribution in [0.4, 0.5) is 5.69 Å². The molecule has 9 rings (SSSR count). The average Bonchev–Trinajstić information content (AvgIpc) is 4.38. The number of aliphatic imine (C=N–C) groups is 1. The minimum Gasteiger partial charge on any atom is -0.493 e. The monoisotopic (exact) mass is 1140 g/mol. The molecule has 416 valence electrons. The van der Waals surface area contributed by atoms with E-state index in [1.807, 2.05) is 168 Å². The predicted molar refractivity (Wildman–Crippen MR) is 335 cm³/mol. The van der Waals surface area contributed by atoms with Gasteiger partial charge in [-0.3, -0.25) is 0 Å². The summed E-state index contributed by atoms with van der Waals surface area (Å²) in [6.45, 7) is 16.0. The van der Waals surface area contributed by atoms with E-state index in [-0.39, 0.29) is 14.9 Å². The Morgan fingerprint density at radius 2 is 1.04 bits per heavy atom. The smallest absolute Gasteiger partial charge is 0.243 e. The number of hydrogen-bond acceptors (Lipinski definition) is 11. The zero-order chi connectivity index (χ0) is 56.1. The molecular formula is C62H84BrN12O2S+. The molecular weight excluding hydrogens is 1060 g/mol. The Hall–Kier alpha value is -8.24. The minimum atomic E-state index is 0. The molecule has 0 amide bonds. The summed E-state index contributed by atoms with van der Waals surface area (Å²) in [6, 6.07) is 48.3. The van der Waals surface area contributed by atoms with Crippen LogP contribution in [-0.4, -0.2) is 59.5 Å². The van der Waals surface area contributed by atoms with Crippen LogP contribution < -0.4 is 25.8 Å². The van der Waals surface area contributed by atoms with E-state index in [4.69, 9.17) is 37.9 Å². The summed E-state index contributed by atoms with van der Waals surface area (Å²) < 4.78 is 16.5. The van der Waals surface area contributed by atoms with Crippen molar-refractivity contribution in [3.63, 3.8) is 0 Å². The Bertz CT molecular complexity index is 2520. The summed E-state index contributed by atoms with van der Waals surface area (Å²) in [5.74, 6) is 1.40. The lowest BCUT2D eigenvalue weighted by Crippen LogP contribution is -2.10. The van der Waals surface area contributed by atoms with E-state index in [1.165, 1.54) is 11.1 Å². The predicted octanol–water partition coefficient (Wildman–Crippen LogP) is 14.6. The van der Waals surface area contributed by atoms with Gasteiger partial charge in [-0.25, -0.2) is 20.3 Å². The topological polar surface area (TPSA) is 182 Å². The first-order valence-corrected chi connectivity index (χ1v) is 26.2. The lowest BCUT2D eigenvalue weighted by molar-refractivity contribution is 0.355. The van der Waals surface area contributed by atoms with Gasteiger partial charge < -0.3 is 34.2 Å². The normalized spacial score (nSPS) is 8.97. The van der Waals surface area contributed by atoms with Crippen LogP contribution in [-0.2, 0) is 32.6 Å². The molecule has 4 N–H and O–H groups in total. The number of nitrogens with two attached hydrogens (primary N) is 1.